The highest BCUT2D eigenvalue weighted by Crippen LogP contribution is 2.23. The van der Waals surface area contributed by atoms with Crippen molar-refractivity contribution in [2.24, 2.45) is 0 Å². The molecule has 3 aromatic rings. The summed E-state index contributed by atoms with van der Waals surface area (Å²) in [5.74, 6) is 0.155. The molecule has 2 aromatic carbocycles. The molecule has 0 radical (unpaired) electrons. The molecule has 1 aliphatic heterocycles. The number of fused-ring (bicyclic) bond motifs is 1. The fourth-order valence-corrected chi connectivity index (χ4v) is 4.72. The molecule has 2 heterocycles. The van der Waals surface area contributed by atoms with Gasteiger partial charge in [0.2, 0.25) is 5.91 Å². The molecule has 1 aromatic heterocycles. The molecule has 0 spiro atoms. The second-order valence-electron chi connectivity index (χ2n) is 7.83. The topological polar surface area (TPSA) is 73.2 Å². The predicted octanol–water partition coefficient (Wildman–Crippen LogP) is 3.90. The van der Waals surface area contributed by atoms with Gasteiger partial charge in [-0.2, -0.15) is 0 Å². The lowest BCUT2D eigenvalue weighted by Gasteiger charge is -2.14. The minimum Gasteiger partial charge on any atom is -0.376 e. The summed E-state index contributed by atoms with van der Waals surface area (Å²) in [4.78, 5) is 30.0. The molecular weight excluding hydrogens is 429 g/mol. The molecule has 8 heteroatoms. The van der Waals surface area contributed by atoms with Crippen LogP contribution in [-0.2, 0) is 21.8 Å². The average molecular weight is 456 g/mol. The van der Waals surface area contributed by atoms with Crippen LogP contribution < -0.4 is 10.9 Å². The van der Waals surface area contributed by atoms with Gasteiger partial charge in [-0.3, -0.25) is 14.2 Å². The molecule has 1 N–H and O–H groups in total. The Bertz CT molecular complexity index is 1140. The normalized spacial score (nSPS) is 15.8. The van der Waals surface area contributed by atoms with Crippen LogP contribution in [0.3, 0.4) is 0 Å². The highest BCUT2D eigenvalue weighted by atomic mass is 32.2. The zero-order valence-electron chi connectivity index (χ0n) is 17.8. The van der Waals surface area contributed by atoms with Crippen LogP contribution in [0.25, 0.3) is 10.9 Å². The zero-order chi connectivity index (χ0) is 22.3. The van der Waals surface area contributed by atoms with Crippen molar-refractivity contribution in [1.82, 2.24) is 14.9 Å². The summed E-state index contributed by atoms with van der Waals surface area (Å²) >= 11 is 1.39. The van der Waals surface area contributed by atoms with Crippen molar-refractivity contribution in [3.05, 3.63) is 70.3 Å². The van der Waals surface area contributed by atoms with Crippen LogP contribution in [0.15, 0.2) is 58.5 Å². The number of hydrogen-bond acceptors (Lipinski definition) is 5. The van der Waals surface area contributed by atoms with E-state index in [1.807, 2.05) is 24.3 Å². The standard InChI is InChI=1S/C24H26FN3O3S/c25-18-7-3-6-17(14-18)16-32-24-27-21-10-2-1-9-20(21)23(30)28(24)12-4-11-22(29)26-15-19-8-5-13-31-19/h1-3,6-7,9-10,14,19H,4-5,8,11-13,15-16H2,(H,26,29)/t19-/m1/s1. The van der Waals surface area contributed by atoms with Crippen molar-refractivity contribution in [2.75, 3.05) is 13.2 Å². The van der Waals surface area contributed by atoms with Gasteiger partial charge in [-0.15, -0.1) is 0 Å². The summed E-state index contributed by atoms with van der Waals surface area (Å²) in [5, 5.41) is 4.03. The molecule has 32 heavy (non-hydrogen) atoms. The van der Waals surface area contributed by atoms with E-state index in [0.29, 0.717) is 47.7 Å². The number of nitrogens with zero attached hydrogens (tertiary/aromatic N) is 2. The third-order valence-corrected chi connectivity index (χ3v) is 6.47. The molecule has 1 amide bonds. The van der Waals surface area contributed by atoms with Gasteiger partial charge in [0, 0.05) is 31.9 Å². The number of nitrogens with one attached hydrogen (secondary N) is 1. The molecule has 6 nitrogen and oxygen atoms in total. The number of hydrogen-bond donors (Lipinski definition) is 1. The first-order valence-electron chi connectivity index (χ1n) is 10.9. The van der Waals surface area contributed by atoms with E-state index in [4.69, 9.17) is 4.74 Å². The Morgan fingerprint density at radius 1 is 1.25 bits per heavy atom. The number of carbonyl (C=O) groups is 1. The van der Waals surface area contributed by atoms with E-state index in [-0.39, 0.29) is 23.4 Å². The Hall–Kier alpha value is -2.71. The summed E-state index contributed by atoms with van der Waals surface area (Å²) in [7, 11) is 0. The van der Waals surface area contributed by atoms with E-state index in [0.717, 1.165) is 25.0 Å². The number of amides is 1. The van der Waals surface area contributed by atoms with E-state index in [1.165, 1.54) is 23.9 Å². The number of benzene rings is 2. The third kappa shape index (κ3) is 5.75. The van der Waals surface area contributed by atoms with Crippen molar-refractivity contribution < 1.29 is 13.9 Å². The van der Waals surface area contributed by atoms with Crippen LogP contribution >= 0.6 is 11.8 Å². The maximum absolute atomic E-state index is 13.5. The Morgan fingerprint density at radius 2 is 2.12 bits per heavy atom. The number of rotatable bonds is 9. The Balaban J connectivity index is 1.44. The maximum atomic E-state index is 13.5. The molecule has 1 fully saturated rings. The molecule has 0 bridgehead atoms. The molecule has 1 aliphatic rings. The lowest BCUT2D eigenvalue weighted by Crippen LogP contribution is -2.32. The molecule has 1 saturated heterocycles. The minimum absolute atomic E-state index is 0.0451. The van der Waals surface area contributed by atoms with Gasteiger partial charge in [0.1, 0.15) is 5.82 Å². The van der Waals surface area contributed by atoms with Gasteiger partial charge in [0.05, 0.1) is 17.0 Å². The van der Waals surface area contributed by atoms with Gasteiger partial charge in [-0.05, 0) is 49.1 Å². The number of halogens is 1. The number of aromatic nitrogens is 2. The van der Waals surface area contributed by atoms with Crippen molar-refractivity contribution >= 4 is 28.6 Å². The van der Waals surface area contributed by atoms with Crippen LogP contribution in [0.4, 0.5) is 4.39 Å². The van der Waals surface area contributed by atoms with E-state index in [2.05, 4.69) is 10.3 Å². The van der Waals surface area contributed by atoms with Gasteiger partial charge >= 0.3 is 0 Å². The zero-order valence-corrected chi connectivity index (χ0v) is 18.6. The third-order valence-electron chi connectivity index (χ3n) is 5.42. The summed E-state index contributed by atoms with van der Waals surface area (Å²) in [6.45, 7) is 1.68. The van der Waals surface area contributed by atoms with Gasteiger partial charge in [-0.25, -0.2) is 9.37 Å². The van der Waals surface area contributed by atoms with Gasteiger partial charge in [0.25, 0.3) is 5.56 Å². The van der Waals surface area contributed by atoms with E-state index in [1.54, 1.807) is 16.7 Å². The SMILES string of the molecule is O=C(CCCn1c(SCc2cccc(F)c2)nc2ccccc2c1=O)NC[C@H]1CCCO1. The molecule has 4 rings (SSSR count). The number of thioether (sulfide) groups is 1. The molecule has 0 aliphatic carbocycles. The van der Waals surface area contributed by atoms with Gasteiger partial charge in [0.15, 0.2) is 5.16 Å². The molecule has 168 valence electrons. The smallest absolute Gasteiger partial charge is 0.262 e. The first-order chi connectivity index (χ1) is 15.6. The van der Waals surface area contributed by atoms with Crippen LogP contribution in [0.5, 0.6) is 0 Å². The van der Waals surface area contributed by atoms with Crippen molar-refractivity contribution in [1.29, 1.82) is 0 Å². The Morgan fingerprint density at radius 3 is 2.94 bits per heavy atom. The highest BCUT2D eigenvalue weighted by Gasteiger charge is 2.16. The van der Waals surface area contributed by atoms with E-state index < -0.39 is 0 Å². The Labute approximate surface area is 190 Å². The predicted molar refractivity (Wildman–Crippen MR) is 123 cm³/mol. The fraction of sp³-hybridized carbons (Fsp3) is 0.375. The quantitative estimate of drug-likeness (QED) is 0.391. The number of ether oxygens (including phenoxy) is 1. The lowest BCUT2D eigenvalue weighted by atomic mass is 10.2. The van der Waals surface area contributed by atoms with Crippen molar-refractivity contribution in [3.8, 4) is 0 Å². The summed E-state index contributed by atoms with van der Waals surface area (Å²) in [6, 6.07) is 13.6. The van der Waals surface area contributed by atoms with Crippen LogP contribution in [-0.4, -0.2) is 34.7 Å². The molecule has 0 unspecified atom stereocenters. The average Bonchev–Trinajstić information content (AvgIpc) is 3.32. The van der Waals surface area contributed by atoms with Gasteiger partial charge < -0.3 is 10.1 Å². The first-order valence-corrected chi connectivity index (χ1v) is 11.8. The van der Waals surface area contributed by atoms with Crippen molar-refractivity contribution in [2.45, 2.75) is 49.2 Å². The Kier molecular flexibility index (Phi) is 7.55. The highest BCUT2D eigenvalue weighted by molar-refractivity contribution is 7.98. The summed E-state index contributed by atoms with van der Waals surface area (Å²) < 4.78 is 20.7. The van der Waals surface area contributed by atoms with Gasteiger partial charge in [-0.1, -0.05) is 36.0 Å². The second kappa shape index (κ2) is 10.7. The second-order valence-corrected chi connectivity index (χ2v) is 8.77. The molecule has 0 saturated carbocycles. The fourth-order valence-electron chi connectivity index (χ4n) is 3.75. The van der Waals surface area contributed by atoms with Crippen LogP contribution in [0.1, 0.15) is 31.2 Å². The van der Waals surface area contributed by atoms with Crippen molar-refractivity contribution in [3.63, 3.8) is 0 Å². The molecule has 1 atom stereocenters. The van der Waals surface area contributed by atoms with E-state index in [9.17, 15) is 14.0 Å². The maximum Gasteiger partial charge on any atom is 0.262 e. The lowest BCUT2D eigenvalue weighted by molar-refractivity contribution is -0.121. The summed E-state index contributed by atoms with van der Waals surface area (Å²) in [5.41, 5.74) is 1.32. The van der Waals surface area contributed by atoms with Crippen LogP contribution in [0.2, 0.25) is 0 Å². The number of carbonyl (C=O) groups excluding carboxylic acids is 1. The van der Waals surface area contributed by atoms with E-state index >= 15 is 0 Å². The number of para-hydroxylation sites is 1. The monoisotopic (exact) mass is 455 g/mol. The molecular formula is C24H26FN3O3S. The minimum atomic E-state index is -0.291. The summed E-state index contributed by atoms with van der Waals surface area (Å²) in [6.07, 6.45) is 2.96. The first kappa shape index (κ1) is 22.5. The largest absolute Gasteiger partial charge is 0.376 e. The van der Waals surface area contributed by atoms with Crippen LogP contribution in [0, 0.1) is 5.82 Å².